The van der Waals surface area contributed by atoms with Gasteiger partial charge in [-0.3, -0.25) is 0 Å². The average molecular weight is 270 g/mol. The van der Waals surface area contributed by atoms with E-state index in [0.29, 0.717) is 11.8 Å². The molecular weight excluding hydrogens is 246 g/mol. The van der Waals surface area contributed by atoms with E-state index in [4.69, 9.17) is 16.3 Å². The molecule has 0 aliphatic carbocycles. The summed E-state index contributed by atoms with van der Waals surface area (Å²) < 4.78 is 5.05. The zero-order chi connectivity index (χ0) is 13.4. The second-order valence-electron chi connectivity index (χ2n) is 5.08. The molecule has 1 N–H and O–H groups in total. The molecule has 0 spiro atoms. The molecular formula is C15H24ClNO. The van der Waals surface area contributed by atoms with Gasteiger partial charge in [-0.1, -0.05) is 37.6 Å². The third-order valence-electron chi connectivity index (χ3n) is 2.95. The van der Waals surface area contributed by atoms with Crippen LogP contribution in [0.4, 0.5) is 0 Å². The number of hydrogen-bond donors (Lipinski definition) is 1. The molecule has 0 aliphatic heterocycles. The van der Waals surface area contributed by atoms with Gasteiger partial charge in [0.2, 0.25) is 0 Å². The monoisotopic (exact) mass is 269 g/mol. The van der Waals surface area contributed by atoms with Gasteiger partial charge in [0.25, 0.3) is 0 Å². The summed E-state index contributed by atoms with van der Waals surface area (Å²) in [6.45, 7) is 7.14. The van der Waals surface area contributed by atoms with E-state index < -0.39 is 0 Å². The highest BCUT2D eigenvalue weighted by Crippen LogP contribution is 2.25. The van der Waals surface area contributed by atoms with Crippen molar-refractivity contribution in [3.63, 3.8) is 0 Å². The molecule has 0 aromatic heterocycles. The fourth-order valence-corrected chi connectivity index (χ4v) is 2.32. The fourth-order valence-electron chi connectivity index (χ4n) is 2.12. The first-order valence-electron chi connectivity index (χ1n) is 6.58. The van der Waals surface area contributed by atoms with E-state index in [-0.39, 0.29) is 0 Å². The van der Waals surface area contributed by atoms with Crippen molar-refractivity contribution in [2.24, 2.45) is 5.92 Å². The number of methoxy groups -OCH3 is 1. The minimum atomic E-state index is 0.514. The van der Waals surface area contributed by atoms with Gasteiger partial charge in [-0.25, -0.2) is 0 Å². The maximum absolute atomic E-state index is 6.07. The molecule has 1 aromatic carbocycles. The Balaban J connectivity index is 2.60. The maximum atomic E-state index is 6.07. The van der Waals surface area contributed by atoms with Crippen molar-refractivity contribution in [1.82, 2.24) is 5.32 Å². The summed E-state index contributed by atoms with van der Waals surface area (Å²) in [6.07, 6.45) is 1.17. The SMILES string of the molecule is COCCNCC(CC(C)C)c1cccc(Cl)c1. The van der Waals surface area contributed by atoms with Gasteiger partial charge >= 0.3 is 0 Å². The molecule has 0 amide bonds. The minimum Gasteiger partial charge on any atom is -0.383 e. The van der Waals surface area contributed by atoms with Crippen LogP contribution in [0.25, 0.3) is 0 Å². The summed E-state index contributed by atoms with van der Waals surface area (Å²) >= 11 is 6.07. The number of rotatable bonds is 8. The molecule has 0 fully saturated rings. The summed E-state index contributed by atoms with van der Waals surface area (Å²) in [5.41, 5.74) is 1.32. The van der Waals surface area contributed by atoms with Gasteiger partial charge in [0.15, 0.2) is 0 Å². The van der Waals surface area contributed by atoms with Gasteiger partial charge in [-0.15, -0.1) is 0 Å². The Kier molecular flexibility index (Phi) is 7.33. The Hall–Kier alpha value is -0.570. The van der Waals surface area contributed by atoms with Crippen LogP contribution in [0.5, 0.6) is 0 Å². The van der Waals surface area contributed by atoms with Crippen LogP contribution in [0.15, 0.2) is 24.3 Å². The predicted molar refractivity (Wildman–Crippen MR) is 78.4 cm³/mol. The van der Waals surface area contributed by atoms with Crippen LogP contribution in [0.2, 0.25) is 5.02 Å². The zero-order valence-corrected chi connectivity index (χ0v) is 12.3. The van der Waals surface area contributed by atoms with Crippen LogP contribution in [0, 0.1) is 5.92 Å². The topological polar surface area (TPSA) is 21.3 Å². The Morgan fingerprint density at radius 1 is 1.33 bits per heavy atom. The Morgan fingerprint density at radius 3 is 2.72 bits per heavy atom. The van der Waals surface area contributed by atoms with E-state index in [2.05, 4.69) is 31.3 Å². The van der Waals surface area contributed by atoms with E-state index in [9.17, 15) is 0 Å². The van der Waals surface area contributed by atoms with Crippen molar-refractivity contribution in [2.75, 3.05) is 26.8 Å². The van der Waals surface area contributed by atoms with Crippen molar-refractivity contribution < 1.29 is 4.74 Å². The molecule has 0 radical (unpaired) electrons. The second-order valence-corrected chi connectivity index (χ2v) is 5.51. The summed E-state index contributed by atoms with van der Waals surface area (Å²) in [5.74, 6) is 1.19. The summed E-state index contributed by atoms with van der Waals surface area (Å²) in [6, 6.07) is 8.19. The van der Waals surface area contributed by atoms with Crippen molar-refractivity contribution in [2.45, 2.75) is 26.2 Å². The highest BCUT2D eigenvalue weighted by molar-refractivity contribution is 6.30. The molecule has 102 valence electrons. The Morgan fingerprint density at radius 2 is 2.11 bits per heavy atom. The lowest BCUT2D eigenvalue weighted by atomic mass is 9.90. The molecule has 1 unspecified atom stereocenters. The first-order valence-corrected chi connectivity index (χ1v) is 6.96. The lowest BCUT2D eigenvalue weighted by Crippen LogP contribution is -2.25. The second kappa shape index (κ2) is 8.52. The summed E-state index contributed by atoms with van der Waals surface area (Å²) in [7, 11) is 1.73. The van der Waals surface area contributed by atoms with Gasteiger partial charge in [-0.2, -0.15) is 0 Å². The van der Waals surface area contributed by atoms with Crippen LogP contribution in [-0.2, 0) is 4.74 Å². The highest BCUT2D eigenvalue weighted by atomic mass is 35.5. The van der Waals surface area contributed by atoms with Crippen LogP contribution in [0.3, 0.4) is 0 Å². The van der Waals surface area contributed by atoms with E-state index in [1.807, 2.05) is 12.1 Å². The largest absolute Gasteiger partial charge is 0.383 e. The predicted octanol–water partition coefficient (Wildman–Crippen LogP) is 3.71. The van der Waals surface area contributed by atoms with Gasteiger partial charge in [0.05, 0.1) is 6.61 Å². The number of ether oxygens (including phenoxy) is 1. The van der Waals surface area contributed by atoms with E-state index in [1.165, 1.54) is 12.0 Å². The van der Waals surface area contributed by atoms with Crippen LogP contribution in [0.1, 0.15) is 31.7 Å². The van der Waals surface area contributed by atoms with E-state index >= 15 is 0 Å². The molecule has 0 bridgehead atoms. The lowest BCUT2D eigenvalue weighted by molar-refractivity contribution is 0.198. The lowest BCUT2D eigenvalue weighted by Gasteiger charge is -2.20. The van der Waals surface area contributed by atoms with Gasteiger partial charge in [0, 0.05) is 25.2 Å². The molecule has 0 saturated heterocycles. The molecule has 3 heteroatoms. The summed E-state index contributed by atoms with van der Waals surface area (Å²) in [5, 5.41) is 4.26. The van der Waals surface area contributed by atoms with Crippen LogP contribution in [-0.4, -0.2) is 26.8 Å². The maximum Gasteiger partial charge on any atom is 0.0587 e. The summed E-state index contributed by atoms with van der Waals surface area (Å²) in [4.78, 5) is 0. The number of nitrogens with one attached hydrogen (secondary N) is 1. The van der Waals surface area contributed by atoms with Gasteiger partial charge < -0.3 is 10.1 Å². The Bertz CT molecular complexity index is 341. The van der Waals surface area contributed by atoms with Crippen molar-refractivity contribution >= 4 is 11.6 Å². The van der Waals surface area contributed by atoms with Crippen molar-refractivity contribution in [1.29, 1.82) is 0 Å². The third-order valence-corrected chi connectivity index (χ3v) is 3.18. The first kappa shape index (κ1) is 15.5. The quantitative estimate of drug-likeness (QED) is 0.727. The first-order chi connectivity index (χ1) is 8.63. The molecule has 1 rings (SSSR count). The van der Waals surface area contributed by atoms with Crippen LogP contribution >= 0.6 is 11.6 Å². The molecule has 18 heavy (non-hydrogen) atoms. The zero-order valence-electron chi connectivity index (χ0n) is 11.6. The standard InChI is InChI=1S/C15H24ClNO/c1-12(2)9-14(11-17-7-8-18-3)13-5-4-6-15(16)10-13/h4-6,10,12,14,17H,7-9,11H2,1-3H3. The van der Waals surface area contributed by atoms with Crippen molar-refractivity contribution in [3.05, 3.63) is 34.9 Å². The number of hydrogen-bond acceptors (Lipinski definition) is 2. The van der Waals surface area contributed by atoms with Crippen LogP contribution < -0.4 is 5.32 Å². The number of halogens is 1. The van der Waals surface area contributed by atoms with E-state index in [1.54, 1.807) is 7.11 Å². The highest BCUT2D eigenvalue weighted by Gasteiger charge is 2.13. The average Bonchev–Trinajstić information content (AvgIpc) is 2.32. The fraction of sp³-hybridized carbons (Fsp3) is 0.600. The molecule has 0 aliphatic rings. The number of benzene rings is 1. The smallest absolute Gasteiger partial charge is 0.0587 e. The minimum absolute atomic E-state index is 0.514. The normalized spacial score (nSPS) is 12.9. The third kappa shape index (κ3) is 5.85. The molecule has 0 heterocycles. The molecule has 1 atom stereocenters. The van der Waals surface area contributed by atoms with Crippen molar-refractivity contribution in [3.8, 4) is 0 Å². The molecule has 1 aromatic rings. The van der Waals surface area contributed by atoms with Gasteiger partial charge in [0.1, 0.15) is 0 Å². The molecule has 2 nitrogen and oxygen atoms in total. The van der Waals surface area contributed by atoms with Gasteiger partial charge in [-0.05, 0) is 36.0 Å². The Labute approximate surface area is 116 Å². The van der Waals surface area contributed by atoms with E-state index in [0.717, 1.165) is 24.7 Å². The molecule has 0 saturated carbocycles.